The van der Waals surface area contributed by atoms with Gasteiger partial charge in [-0.2, -0.15) is 0 Å². The van der Waals surface area contributed by atoms with Crippen molar-refractivity contribution in [2.24, 2.45) is 24.0 Å². The summed E-state index contributed by atoms with van der Waals surface area (Å²) < 4.78 is 7.14. The van der Waals surface area contributed by atoms with Crippen molar-refractivity contribution in [3.63, 3.8) is 0 Å². The second-order valence-electron chi connectivity index (χ2n) is 7.84. The molecular formula is C20H30N4O4S. The van der Waals surface area contributed by atoms with E-state index < -0.39 is 17.7 Å². The first kappa shape index (κ1) is 21.7. The summed E-state index contributed by atoms with van der Waals surface area (Å²) in [6, 6.07) is -0.832. The molecule has 2 aliphatic rings. The first-order valence-corrected chi connectivity index (χ1v) is 11.3. The number of aromatic nitrogens is 1. The highest BCUT2D eigenvalue weighted by atomic mass is 32.1. The smallest absolute Gasteiger partial charge is 0.309 e. The Bertz CT molecular complexity index is 773. The van der Waals surface area contributed by atoms with E-state index in [4.69, 9.17) is 4.74 Å². The number of Topliss-reactive ketones (excluding diaryl/α,β-unsaturated/α-hetero) is 1. The summed E-state index contributed by atoms with van der Waals surface area (Å²) in [5.41, 5.74) is 2.35. The lowest BCUT2D eigenvalue weighted by Crippen LogP contribution is -2.53. The maximum atomic E-state index is 12.9. The molecule has 9 heteroatoms. The number of aryl methyl sites for hydroxylation is 1. The minimum atomic E-state index is -0.832. The van der Waals surface area contributed by atoms with Crippen LogP contribution in [0.15, 0.2) is 16.7 Å². The quantitative estimate of drug-likeness (QED) is 0.412. The molecule has 0 spiro atoms. The largest absolute Gasteiger partial charge is 0.381 e. The second kappa shape index (κ2) is 10.7. The van der Waals surface area contributed by atoms with Gasteiger partial charge in [-0.25, -0.2) is 5.43 Å². The molecule has 1 aromatic heterocycles. The van der Waals surface area contributed by atoms with Crippen LogP contribution in [-0.2, 0) is 26.2 Å². The van der Waals surface area contributed by atoms with E-state index in [1.165, 1.54) is 11.3 Å². The first-order chi connectivity index (χ1) is 14.1. The molecule has 2 heterocycles. The molecule has 29 heavy (non-hydrogen) atoms. The lowest BCUT2D eigenvalue weighted by Gasteiger charge is -2.30. The Labute approximate surface area is 174 Å². The van der Waals surface area contributed by atoms with Crippen LogP contribution in [0.25, 0.3) is 0 Å². The zero-order chi connectivity index (χ0) is 20.6. The molecule has 1 saturated carbocycles. The topological polar surface area (TPSA) is 102 Å². The molecule has 0 aromatic carbocycles. The van der Waals surface area contributed by atoms with E-state index in [-0.39, 0.29) is 17.7 Å². The number of thiazole rings is 1. The fraction of sp³-hybridized carbons (Fsp3) is 0.700. The van der Waals surface area contributed by atoms with E-state index in [1.54, 1.807) is 11.6 Å². The molecule has 1 aliphatic carbocycles. The van der Waals surface area contributed by atoms with E-state index in [9.17, 15) is 14.4 Å². The average molecular weight is 423 g/mol. The molecule has 2 fully saturated rings. The van der Waals surface area contributed by atoms with Gasteiger partial charge in [-0.3, -0.25) is 14.4 Å². The van der Waals surface area contributed by atoms with Gasteiger partial charge in [-0.1, -0.05) is 25.7 Å². The maximum absolute atomic E-state index is 12.9. The number of carbonyl (C=O) groups excluding carboxylic acids is 3. The minimum absolute atomic E-state index is 0.0782. The van der Waals surface area contributed by atoms with Gasteiger partial charge in [-0.05, 0) is 31.6 Å². The van der Waals surface area contributed by atoms with E-state index in [0.29, 0.717) is 30.9 Å². The van der Waals surface area contributed by atoms with Crippen LogP contribution in [-0.4, -0.2) is 41.4 Å². The summed E-state index contributed by atoms with van der Waals surface area (Å²) in [6.07, 6.45) is 9.16. The standard InChI is InChI=1S/C20H30N4O4S/c1-24-10-13-29-20(24)23-22-19(27)17(25)16(14-8-11-28-12-9-14)21-18(26)15-6-4-2-3-5-7-15/h10,13-16H,2-9,11-12H2,1H3,(H,21,26)(H,22,27)/b23-20-. The SMILES string of the molecule is Cn1ccs/c1=N\NC(=O)C(=O)C(NC(=O)C1CCCCCC1)C1CCOCC1. The van der Waals surface area contributed by atoms with Gasteiger partial charge in [0, 0.05) is 37.8 Å². The number of nitrogens with zero attached hydrogens (tertiary/aromatic N) is 2. The predicted molar refractivity (Wildman–Crippen MR) is 109 cm³/mol. The van der Waals surface area contributed by atoms with Crippen LogP contribution in [0.2, 0.25) is 0 Å². The Morgan fingerprint density at radius 3 is 2.45 bits per heavy atom. The average Bonchev–Trinajstić information content (AvgIpc) is 2.97. The zero-order valence-electron chi connectivity index (χ0n) is 16.9. The Balaban J connectivity index is 1.69. The van der Waals surface area contributed by atoms with Crippen LogP contribution in [0, 0.1) is 11.8 Å². The Kier molecular flexibility index (Phi) is 8.00. The number of rotatable bonds is 6. The van der Waals surface area contributed by atoms with Crippen molar-refractivity contribution in [3.8, 4) is 0 Å². The van der Waals surface area contributed by atoms with Crippen molar-refractivity contribution in [3.05, 3.63) is 16.4 Å². The van der Waals surface area contributed by atoms with Gasteiger partial charge < -0.3 is 14.6 Å². The van der Waals surface area contributed by atoms with Crippen molar-refractivity contribution in [1.82, 2.24) is 15.3 Å². The van der Waals surface area contributed by atoms with Crippen LogP contribution in [0.4, 0.5) is 0 Å². The molecule has 0 radical (unpaired) electrons. The number of hydrogen-bond donors (Lipinski definition) is 2. The number of amides is 2. The summed E-state index contributed by atoms with van der Waals surface area (Å²) in [4.78, 5) is 38.9. The number of carbonyl (C=O) groups is 3. The first-order valence-electron chi connectivity index (χ1n) is 10.4. The van der Waals surface area contributed by atoms with Crippen LogP contribution in [0.5, 0.6) is 0 Å². The van der Waals surface area contributed by atoms with Crippen LogP contribution in [0.1, 0.15) is 51.4 Å². The molecule has 8 nitrogen and oxygen atoms in total. The van der Waals surface area contributed by atoms with Crippen molar-refractivity contribution in [2.45, 2.75) is 57.4 Å². The van der Waals surface area contributed by atoms with Crippen LogP contribution >= 0.6 is 11.3 Å². The Morgan fingerprint density at radius 1 is 1.14 bits per heavy atom. The molecule has 1 atom stereocenters. The highest BCUT2D eigenvalue weighted by Gasteiger charge is 2.36. The fourth-order valence-corrected chi connectivity index (χ4v) is 4.68. The minimum Gasteiger partial charge on any atom is -0.381 e. The van der Waals surface area contributed by atoms with Gasteiger partial charge in [0.2, 0.25) is 16.5 Å². The second-order valence-corrected chi connectivity index (χ2v) is 8.71. The van der Waals surface area contributed by atoms with Crippen molar-refractivity contribution < 1.29 is 19.1 Å². The Hall–Kier alpha value is -2.00. The molecule has 2 amide bonds. The predicted octanol–water partition coefficient (Wildman–Crippen LogP) is 1.47. The normalized spacial score (nSPS) is 20.7. The summed E-state index contributed by atoms with van der Waals surface area (Å²) in [7, 11) is 1.81. The molecule has 2 N–H and O–H groups in total. The summed E-state index contributed by atoms with van der Waals surface area (Å²) in [5, 5.41) is 8.78. The summed E-state index contributed by atoms with van der Waals surface area (Å²) in [5.74, 6) is -1.72. The van der Waals surface area contributed by atoms with Crippen LogP contribution in [0.3, 0.4) is 0 Å². The van der Waals surface area contributed by atoms with Gasteiger partial charge in [0.15, 0.2) is 0 Å². The van der Waals surface area contributed by atoms with Crippen molar-refractivity contribution in [2.75, 3.05) is 13.2 Å². The zero-order valence-corrected chi connectivity index (χ0v) is 17.7. The number of ether oxygens (including phenoxy) is 1. The van der Waals surface area contributed by atoms with Gasteiger partial charge in [0.05, 0.1) is 0 Å². The molecule has 1 aromatic rings. The molecule has 1 unspecified atom stereocenters. The van der Waals surface area contributed by atoms with Crippen molar-refractivity contribution >= 4 is 28.9 Å². The van der Waals surface area contributed by atoms with Gasteiger partial charge in [0.1, 0.15) is 6.04 Å². The molecule has 3 rings (SSSR count). The monoisotopic (exact) mass is 422 g/mol. The van der Waals surface area contributed by atoms with E-state index in [0.717, 1.165) is 38.5 Å². The van der Waals surface area contributed by atoms with Gasteiger partial charge in [-0.15, -0.1) is 16.4 Å². The highest BCUT2D eigenvalue weighted by Crippen LogP contribution is 2.25. The third-order valence-corrected chi connectivity index (χ3v) is 6.63. The summed E-state index contributed by atoms with van der Waals surface area (Å²) >= 11 is 1.36. The lowest BCUT2D eigenvalue weighted by atomic mass is 9.87. The third kappa shape index (κ3) is 5.99. The van der Waals surface area contributed by atoms with Crippen molar-refractivity contribution in [1.29, 1.82) is 0 Å². The highest BCUT2D eigenvalue weighted by molar-refractivity contribution is 7.07. The lowest BCUT2D eigenvalue weighted by molar-refractivity contribution is -0.142. The van der Waals surface area contributed by atoms with Gasteiger partial charge in [0.25, 0.3) is 0 Å². The molecule has 1 saturated heterocycles. The molecule has 1 aliphatic heterocycles. The summed E-state index contributed by atoms with van der Waals surface area (Å²) in [6.45, 7) is 1.07. The number of hydrogen-bond acceptors (Lipinski definition) is 6. The molecular weight excluding hydrogens is 392 g/mol. The van der Waals surface area contributed by atoms with Gasteiger partial charge >= 0.3 is 5.91 Å². The maximum Gasteiger partial charge on any atom is 0.309 e. The Morgan fingerprint density at radius 2 is 1.83 bits per heavy atom. The van der Waals surface area contributed by atoms with E-state index >= 15 is 0 Å². The third-order valence-electron chi connectivity index (χ3n) is 5.78. The van der Waals surface area contributed by atoms with Crippen LogP contribution < -0.4 is 15.5 Å². The molecule has 0 bridgehead atoms. The number of ketones is 1. The number of nitrogens with one attached hydrogen (secondary N) is 2. The van der Waals surface area contributed by atoms with E-state index in [2.05, 4.69) is 15.8 Å². The van der Waals surface area contributed by atoms with E-state index in [1.807, 2.05) is 11.6 Å². The fourth-order valence-electron chi connectivity index (χ4n) is 3.99. The molecule has 160 valence electrons.